The maximum Gasteiger partial charge on any atom is 0.329 e. The number of hydrogen-bond acceptors (Lipinski definition) is 4. The van der Waals surface area contributed by atoms with Gasteiger partial charge in [-0.2, -0.15) is 0 Å². The number of carbonyl (C=O) groups is 3. The van der Waals surface area contributed by atoms with Gasteiger partial charge >= 0.3 is 5.97 Å². The van der Waals surface area contributed by atoms with Gasteiger partial charge in [0.2, 0.25) is 0 Å². The number of benzene rings is 3. The van der Waals surface area contributed by atoms with Crippen LogP contribution in [0, 0.1) is 0 Å². The summed E-state index contributed by atoms with van der Waals surface area (Å²) in [6, 6.07) is 24.4. The van der Waals surface area contributed by atoms with Crippen LogP contribution < -0.4 is 5.32 Å². The van der Waals surface area contributed by atoms with Crippen molar-refractivity contribution in [3.63, 3.8) is 0 Å². The van der Waals surface area contributed by atoms with Crippen molar-refractivity contribution in [3.05, 3.63) is 107 Å². The molecule has 3 rings (SSSR count). The number of nitrogens with one attached hydrogen (secondary N) is 1. The Morgan fingerprint density at radius 3 is 1.86 bits per heavy atom. The first kappa shape index (κ1) is 20.0. The molecule has 0 saturated heterocycles. The van der Waals surface area contributed by atoms with Gasteiger partial charge in [0.1, 0.15) is 6.04 Å². The number of carbonyl (C=O) groups excluding carboxylic acids is 3. The molecule has 146 valence electrons. The lowest BCUT2D eigenvalue weighted by molar-refractivity contribution is -0.143. The lowest BCUT2D eigenvalue weighted by Crippen LogP contribution is -2.46. The molecule has 0 aliphatic carbocycles. The molecule has 0 bridgehead atoms. The fourth-order valence-corrected chi connectivity index (χ4v) is 3.33. The number of aldehydes is 1. The lowest BCUT2D eigenvalue weighted by atomic mass is 9.84. The first-order valence-electron chi connectivity index (χ1n) is 9.18. The summed E-state index contributed by atoms with van der Waals surface area (Å²) in [7, 11) is 1.29. The van der Waals surface area contributed by atoms with E-state index >= 15 is 0 Å². The molecule has 29 heavy (non-hydrogen) atoms. The number of methoxy groups -OCH3 is 1. The molecule has 1 N–H and O–H groups in total. The summed E-state index contributed by atoms with van der Waals surface area (Å²) >= 11 is 0. The van der Waals surface area contributed by atoms with Crippen LogP contribution in [0.3, 0.4) is 0 Å². The smallest absolute Gasteiger partial charge is 0.329 e. The minimum Gasteiger partial charge on any atom is -0.467 e. The third-order valence-corrected chi connectivity index (χ3v) is 4.72. The predicted molar refractivity (Wildman–Crippen MR) is 110 cm³/mol. The van der Waals surface area contributed by atoms with Crippen LogP contribution in [0.2, 0.25) is 0 Å². The van der Waals surface area contributed by atoms with Crippen LogP contribution in [0.5, 0.6) is 0 Å². The van der Waals surface area contributed by atoms with Gasteiger partial charge in [0.05, 0.1) is 7.11 Å². The van der Waals surface area contributed by atoms with E-state index in [0.717, 1.165) is 11.1 Å². The van der Waals surface area contributed by atoms with Crippen LogP contribution in [0.4, 0.5) is 0 Å². The van der Waals surface area contributed by atoms with Crippen LogP contribution in [0.25, 0.3) is 0 Å². The Kier molecular flexibility index (Phi) is 6.53. The van der Waals surface area contributed by atoms with Crippen molar-refractivity contribution in [2.24, 2.45) is 0 Å². The van der Waals surface area contributed by atoms with E-state index in [0.29, 0.717) is 6.29 Å². The average molecular weight is 387 g/mol. The van der Waals surface area contributed by atoms with E-state index < -0.39 is 23.8 Å². The Morgan fingerprint density at radius 2 is 1.34 bits per heavy atom. The first-order chi connectivity index (χ1) is 14.2. The van der Waals surface area contributed by atoms with Gasteiger partial charge in [-0.3, -0.25) is 9.59 Å². The molecule has 0 fully saturated rings. The number of esters is 1. The Labute approximate surface area is 169 Å². The van der Waals surface area contributed by atoms with Crippen molar-refractivity contribution in [2.75, 3.05) is 7.11 Å². The Morgan fingerprint density at radius 1 is 0.828 bits per heavy atom. The van der Waals surface area contributed by atoms with E-state index in [2.05, 4.69) is 5.32 Å². The van der Waals surface area contributed by atoms with Crippen LogP contribution in [-0.4, -0.2) is 31.3 Å². The van der Waals surface area contributed by atoms with Crippen molar-refractivity contribution in [2.45, 2.75) is 12.0 Å². The topological polar surface area (TPSA) is 72.5 Å². The second-order valence-corrected chi connectivity index (χ2v) is 6.48. The van der Waals surface area contributed by atoms with Gasteiger partial charge < -0.3 is 10.1 Å². The molecule has 0 radical (unpaired) electrons. The average Bonchev–Trinajstić information content (AvgIpc) is 2.79. The largest absolute Gasteiger partial charge is 0.467 e. The Hall–Kier alpha value is -3.73. The van der Waals surface area contributed by atoms with Gasteiger partial charge in [-0.15, -0.1) is 0 Å². The van der Waals surface area contributed by atoms with Crippen LogP contribution >= 0.6 is 0 Å². The molecule has 1 atom stereocenters. The van der Waals surface area contributed by atoms with Crippen molar-refractivity contribution in [3.8, 4) is 0 Å². The third-order valence-electron chi connectivity index (χ3n) is 4.72. The number of amides is 1. The molecule has 0 aromatic heterocycles. The second kappa shape index (κ2) is 9.46. The zero-order valence-electron chi connectivity index (χ0n) is 15.9. The Balaban J connectivity index is 2.04. The molecule has 3 aromatic carbocycles. The Bertz CT molecular complexity index is 947. The molecule has 0 aliphatic rings. The van der Waals surface area contributed by atoms with Crippen molar-refractivity contribution >= 4 is 18.2 Å². The molecule has 3 aromatic rings. The monoisotopic (exact) mass is 387 g/mol. The second-order valence-electron chi connectivity index (χ2n) is 6.48. The molecule has 0 aliphatic heterocycles. The molecule has 1 amide bonds. The quantitative estimate of drug-likeness (QED) is 0.497. The van der Waals surface area contributed by atoms with E-state index in [9.17, 15) is 14.4 Å². The first-order valence-corrected chi connectivity index (χ1v) is 9.18. The molecule has 0 unspecified atom stereocenters. The van der Waals surface area contributed by atoms with E-state index in [1.807, 2.05) is 60.7 Å². The summed E-state index contributed by atoms with van der Waals surface area (Å²) in [5.41, 5.74) is 2.18. The van der Waals surface area contributed by atoms with Crippen molar-refractivity contribution in [1.82, 2.24) is 5.32 Å². The number of rotatable bonds is 7. The molecular weight excluding hydrogens is 366 g/mol. The van der Waals surface area contributed by atoms with Crippen molar-refractivity contribution in [1.29, 1.82) is 0 Å². The summed E-state index contributed by atoms with van der Waals surface area (Å²) in [4.78, 5) is 37.0. The third kappa shape index (κ3) is 4.58. The fourth-order valence-electron chi connectivity index (χ4n) is 3.33. The van der Waals surface area contributed by atoms with E-state index in [1.165, 1.54) is 7.11 Å². The molecule has 0 spiro atoms. The predicted octanol–water partition coefficient (Wildman–Crippen LogP) is 3.60. The molecule has 0 saturated carbocycles. The van der Waals surface area contributed by atoms with Gasteiger partial charge in [0.15, 0.2) is 6.29 Å². The molecular formula is C24H21NO4. The lowest BCUT2D eigenvalue weighted by Gasteiger charge is -2.27. The normalized spacial score (nSPS) is 11.5. The minimum absolute atomic E-state index is 0.205. The summed E-state index contributed by atoms with van der Waals surface area (Å²) in [5.74, 6) is -1.54. The number of ether oxygens (including phenoxy) is 1. The van der Waals surface area contributed by atoms with Crippen molar-refractivity contribution < 1.29 is 19.1 Å². The highest BCUT2D eigenvalue weighted by Crippen LogP contribution is 2.29. The highest BCUT2D eigenvalue weighted by molar-refractivity contribution is 6.03. The van der Waals surface area contributed by atoms with Crippen LogP contribution in [-0.2, 0) is 9.53 Å². The number of hydrogen-bond donors (Lipinski definition) is 1. The van der Waals surface area contributed by atoms with Crippen LogP contribution in [0.15, 0.2) is 84.9 Å². The van der Waals surface area contributed by atoms with Gasteiger partial charge in [0.25, 0.3) is 5.91 Å². The van der Waals surface area contributed by atoms with Gasteiger partial charge in [0, 0.05) is 17.0 Å². The standard InChI is InChI=1S/C24H21NO4/c1-29-24(28)22(25-23(27)20-15-9-8-14-19(20)16-26)21(17-10-4-2-5-11-17)18-12-6-3-7-13-18/h2-16,21-22H,1H3,(H,25,27)/t22-/m0/s1. The van der Waals surface area contributed by atoms with Gasteiger partial charge in [-0.25, -0.2) is 4.79 Å². The minimum atomic E-state index is -0.975. The zero-order valence-corrected chi connectivity index (χ0v) is 15.9. The maximum atomic E-state index is 12.9. The SMILES string of the molecule is COC(=O)[C@@H](NC(=O)c1ccccc1C=O)C(c1ccccc1)c1ccccc1. The van der Waals surface area contributed by atoms with E-state index in [1.54, 1.807) is 24.3 Å². The fraction of sp³-hybridized carbons (Fsp3) is 0.125. The zero-order chi connectivity index (χ0) is 20.6. The van der Waals surface area contributed by atoms with Gasteiger partial charge in [-0.1, -0.05) is 78.9 Å². The van der Waals surface area contributed by atoms with E-state index in [-0.39, 0.29) is 11.1 Å². The molecule has 0 heterocycles. The molecule has 5 nitrogen and oxygen atoms in total. The maximum absolute atomic E-state index is 12.9. The summed E-state index contributed by atoms with van der Waals surface area (Å²) in [6.07, 6.45) is 0.619. The van der Waals surface area contributed by atoms with Crippen LogP contribution in [0.1, 0.15) is 37.8 Å². The van der Waals surface area contributed by atoms with Gasteiger partial charge in [-0.05, 0) is 17.2 Å². The highest BCUT2D eigenvalue weighted by atomic mass is 16.5. The highest BCUT2D eigenvalue weighted by Gasteiger charge is 2.33. The summed E-state index contributed by atoms with van der Waals surface area (Å²) < 4.78 is 5.01. The van der Waals surface area contributed by atoms with E-state index in [4.69, 9.17) is 4.74 Å². The molecule has 5 heteroatoms. The summed E-state index contributed by atoms with van der Waals surface area (Å²) in [5, 5.41) is 2.78. The summed E-state index contributed by atoms with van der Waals surface area (Å²) in [6.45, 7) is 0.